The minimum Gasteiger partial charge on any atom is -0.398 e. The van der Waals surface area contributed by atoms with Gasteiger partial charge >= 0.3 is 10.2 Å². The number of carbonyl (C=O) groups is 2. The average molecular weight is 310 g/mol. The molecule has 0 aromatic heterocycles. The van der Waals surface area contributed by atoms with Gasteiger partial charge in [0.1, 0.15) is 0 Å². The summed E-state index contributed by atoms with van der Waals surface area (Å²) in [7, 11) is -4.17. The fourth-order valence-corrected chi connectivity index (χ4v) is 3.97. The predicted molar refractivity (Wildman–Crippen MR) is 74.7 cm³/mol. The Balaban J connectivity index is 2.03. The van der Waals surface area contributed by atoms with Gasteiger partial charge in [0.15, 0.2) is 0 Å². The molecule has 1 fully saturated rings. The molecule has 0 aliphatic carbocycles. The Hall–Kier alpha value is -1.97. The maximum absolute atomic E-state index is 12.5. The quantitative estimate of drug-likeness (QED) is 0.536. The Kier molecular flexibility index (Phi) is 3.19. The molecule has 0 unspecified atom stereocenters. The molecule has 3 N–H and O–H groups in total. The lowest BCUT2D eigenvalue weighted by Crippen LogP contribution is -2.53. The van der Waals surface area contributed by atoms with Gasteiger partial charge in [-0.2, -0.15) is 17.0 Å². The molecule has 2 amide bonds. The van der Waals surface area contributed by atoms with Gasteiger partial charge < -0.3 is 11.1 Å². The van der Waals surface area contributed by atoms with Gasteiger partial charge in [-0.3, -0.25) is 9.59 Å². The third-order valence-electron chi connectivity index (χ3n) is 3.54. The number of nitrogen functional groups attached to an aromatic ring is 1. The van der Waals surface area contributed by atoms with E-state index < -0.39 is 22.0 Å². The molecule has 112 valence electrons. The van der Waals surface area contributed by atoms with Crippen molar-refractivity contribution in [2.24, 2.45) is 0 Å². The maximum Gasteiger partial charge on any atom is 0.313 e. The van der Waals surface area contributed by atoms with E-state index in [9.17, 15) is 18.0 Å². The van der Waals surface area contributed by atoms with E-state index in [1.807, 2.05) is 0 Å². The van der Waals surface area contributed by atoms with Crippen LogP contribution in [0.5, 0.6) is 0 Å². The number of nitrogens with one attached hydrogen (secondary N) is 1. The number of nitrogens with zero attached hydrogens (tertiary/aromatic N) is 2. The first-order chi connectivity index (χ1) is 9.94. The predicted octanol–water partition coefficient (Wildman–Crippen LogP) is -0.985. The first-order valence-electron chi connectivity index (χ1n) is 6.43. The second-order valence-electron chi connectivity index (χ2n) is 4.80. The Morgan fingerprint density at radius 2 is 1.76 bits per heavy atom. The van der Waals surface area contributed by atoms with Crippen LogP contribution in [0, 0.1) is 0 Å². The number of amides is 2. The summed E-state index contributed by atoms with van der Waals surface area (Å²) in [5.41, 5.74) is 5.78. The van der Waals surface area contributed by atoms with Gasteiger partial charge in [-0.25, -0.2) is 0 Å². The highest BCUT2D eigenvalue weighted by molar-refractivity contribution is 7.88. The van der Waals surface area contributed by atoms with E-state index in [4.69, 9.17) is 5.73 Å². The smallest absolute Gasteiger partial charge is 0.313 e. The summed E-state index contributed by atoms with van der Waals surface area (Å²) in [6, 6.07) is 4.38. The standard InChI is InChI=1S/C12H14N4O4S/c13-9-3-1-2-8-10(9)12(18)16(11(8)17)21(19,20)15-6-4-14-5-7-15/h1-3,14H,4-7,13H2. The highest BCUT2D eigenvalue weighted by Crippen LogP contribution is 2.30. The number of piperazine rings is 1. The fourth-order valence-electron chi connectivity index (χ4n) is 2.49. The third-order valence-corrected chi connectivity index (χ3v) is 5.35. The molecule has 1 aromatic carbocycles. The summed E-state index contributed by atoms with van der Waals surface area (Å²) in [4.78, 5) is 24.6. The van der Waals surface area contributed by atoms with Gasteiger partial charge in [-0.15, -0.1) is 0 Å². The number of anilines is 1. The van der Waals surface area contributed by atoms with Crippen molar-refractivity contribution in [3.8, 4) is 0 Å². The van der Waals surface area contributed by atoms with Crippen LogP contribution in [0.4, 0.5) is 5.69 Å². The number of nitrogens with two attached hydrogens (primary N) is 1. The van der Waals surface area contributed by atoms with Crippen LogP contribution in [-0.4, -0.2) is 55.0 Å². The number of benzene rings is 1. The van der Waals surface area contributed by atoms with Crippen LogP contribution in [0.1, 0.15) is 20.7 Å². The zero-order valence-electron chi connectivity index (χ0n) is 11.1. The molecule has 2 heterocycles. The molecule has 9 heteroatoms. The van der Waals surface area contributed by atoms with Crippen molar-refractivity contribution in [3.05, 3.63) is 29.3 Å². The lowest BCUT2D eigenvalue weighted by Gasteiger charge is -2.29. The molecule has 0 spiro atoms. The highest BCUT2D eigenvalue weighted by atomic mass is 32.2. The minimum absolute atomic E-state index is 0.0266. The van der Waals surface area contributed by atoms with Gasteiger partial charge in [-0.1, -0.05) is 6.07 Å². The Morgan fingerprint density at radius 1 is 1.10 bits per heavy atom. The summed E-state index contributed by atoms with van der Waals surface area (Å²) < 4.78 is 26.5. The third kappa shape index (κ3) is 2.01. The highest BCUT2D eigenvalue weighted by Gasteiger charge is 2.46. The largest absolute Gasteiger partial charge is 0.398 e. The Labute approximate surface area is 121 Å². The molecule has 0 radical (unpaired) electrons. The topological polar surface area (TPSA) is 113 Å². The number of carbonyl (C=O) groups excluding carboxylic acids is 2. The normalized spacial score (nSPS) is 19.9. The van der Waals surface area contributed by atoms with E-state index in [2.05, 4.69) is 5.32 Å². The van der Waals surface area contributed by atoms with Crippen molar-refractivity contribution in [2.45, 2.75) is 0 Å². The summed E-state index contributed by atoms with van der Waals surface area (Å²) in [6.45, 7) is 1.38. The van der Waals surface area contributed by atoms with Crippen molar-refractivity contribution in [2.75, 3.05) is 31.9 Å². The van der Waals surface area contributed by atoms with Gasteiger partial charge in [0.05, 0.1) is 11.1 Å². The molecule has 8 nitrogen and oxygen atoms in total. The van der Waals surface area contributed by atoms with Crippen LogP contribution in [0.25, 0.3) is 0 Å². The molecule has 1 saturated heterocycles. The molecular formula is C12H14N4O4S. The van der Waals surface area contributed by atoms with Crippen molar-refractivity contribution in [1.82, 2.24) is 13.9 Å². The number of imide groups is 1. The van der Waals surface area contributed by atoms with Crippen molar-refractivity contribution in [3.63, 3.8) is 0 Å². The second-order valence-corrected chi connectivity index (χ2v) is 6.58. The lowest BCUT2D eigenvalue weighted by molar-refractivity contribution is 0.0756. The number of fused-ring (bicyclic) bond motifs is 1. The van der Waals surface area contributed by atoms with Gasteiger partial charge in [-0.05, 0) is 12.1 Å². The van der Waals surface area contributed by atoms with Crippen LogP contribution in [0.3, 0.4) is 0 Å². The monoisotopic (exact) mass is 310 g/mol. The molecule has 3 rings (SSSR count). The molecule has 0 bridgehead atoms. The average Bonchev–Trinajstić information content (AvgIpc) is 2.73. The summed E-state index contributed by atoms with van der Waals surface area (Å²) in [6.07, 6.45) is 0. The fraction of sp³-hybridized carbons (Fsp3) is 0.333. The number of hydrogen-bond donors (Lipinski definition) is 2. The molecule has 0 atom stereocenters. The van der Waals surface area contributed by atoms with Crippen molar-refractivity contribution < 1.29 is 18.0 Å². The maximum atomic E-state index is 12.5. The molecule has 21 heavy (non-hydrogen) atoms. The molecule has 0 saturated carbocycles. The Morgan fingerprint density at radius 3 is 2.38 bits per heavy atom. The van der Waals surface area contributed by atoms with Crippen LogP contribution in [0.15, 0.2) is 18.2 Å². The van der Waals surface area contributed by atoms with E-state index >= 15 is 0 Å². The summed E-state index contributed by atoms with van der Waals surface area (Å²) in [5, 5.41) is 3.01. The van der Waals surface area contributed by atoms with Crippen LogP contribution in [0.2, 0.25) is 0 Å². The van der Waals surface area contributed by atoms with E-state index in [0.717, 1.165) is 4.31 Å². The molecular weight excluding hydrogens is 296 g/mol. The van der Waals surface area contributed by atoms with Gasteiger partial charge in [0, 0.05) is 31.9 Å². The summed E-state index contributed by atoms with van der Waals surface area (Å²) >= 11 is 0. The van der Waals surface area contributed by atoms with Gasteiger partial charge in [0.2, 0.25) is 0 Å². The van der Waals surface area contributed by atoms with Crippen molar-refractivity contribution >= 4 is 27.7 Å². The zero-order valence-corrected chi connectivity index (χ0v) is 11.9. The van der Waals surface area contributed by atoms with Crippen LogP contribution in [-0.2, 0) is 10.2 Å². The van der Waals surface area contributed by atoms with E-state index in [0.29, 0.717) is 17.4 Å². The number of rotatable bonds is 2. The summed E-state index contributed by atoms with van der Waals surface area (Å²) in [5.74, 6) is -1.73. The van der Waals surface area contributed by atoms with E-state index in [1.54, 1.807) is 0 Å². The van der Waals surface area contributed by atoms with Crippen LogP contribution >= 0.6 is 0 Å². The molecule has 2 aliphatic heterocycles. The van der Waals surface area contributed by atoms with Crippen molar-refractivity contribution in [1.29, 1.82) is 0 Å². The van der Waals surface area contributed by atoms with Gasteiger partial charge in [0.25, 0.3) is 11.8 Å². The first-order valence-corrected chi connectivity index (χ1v) is 7.82. The number of hydrogen-bond acceptors (Lipinski definition) is 6. The van der Waals surface area contributed by atoms with Crippen LogP contribution < -0.4 is 11.1 Å². The zero-order chi connectivity index (χ0) is 15.2. The first kappa shape index (κ1) is 14.0. The van der Waals surface area contributed by atoms with E-state index in [-0.39, 0.29) is 29.9 Å². The second kappa shape index (κ2) is 4.79. The van der Waals surface area contributed by atoms with E-state index in [1.165, 1.54) is 18.2 Å². The SMILES string of the molecule is Nc1cccc2c1C(=O)N(S(=O)(=O)N1CCNCC1)C2=O. The Bertz CT molecular complexity index is 725. The molecule has 2 aliphatic rings. The molecule has 1 aromatic rings. The minimum atomic E-state index is -4.17. The lowest BCUT2D eigenvalue weighted by atomic mass is 10.1.